The minimum absolute atomic E-state index is 0.101. The monoisotopic (exact) mass is 478 g/mol. The maximum absolute atomic E-state index is 14.3. The molecule has 0 radical (unpaired) electrons. The first-order valence-corrected chi connectivity index (χ1v) is 12.0. The molecule has 1 N–H and O–H groups in total. The Morgan fingerprint density at radius 2 is 1.85 bits per heavy atom. The molecule has 0 aliphatic carbocycles. The Bertz CT molecular complexity index is 1260. The molecule has 1 aliphatic rings. The number of imidazole rings is 1. The SMILES string of the molecule is O=C(NCc1cn2ccccc2n1)[C@@H]1C[C@@H](Sc2ccc(F)cc2)CN1Cc1ccccc1F. The number of hydrogen-bond donors (Lipinski definition) is 1. The van der Waals surface area contributed by atoms with Crippen molar-refractivity contribution in [3.8, 4) is 0 Å². The van der Waals surface area contributed by atoms with E-state index in [0.717, 1.165) is 16.2 Å². The number of likely N-dealkylation sites (tertiary alicyclic amines) is 1. The Morgan fingerprint density at radius 3 is 2.65 bits per heavy atom. The molecule has 34 heavy (non-hydrogen) atoms. The van der Waals surface area contributed by atoms with Crippen molar-refractivity contribution in [1.82, 2.24) is 19.6 Å². The van der Waals surface area contributed by atoms with Gasteiger partial charge in [0, 0.05) is 41.2 Å². The van der Waals surface area contributed by atoms with Crippen molar-refractivity contribution in [3.63, 3.8) is 0 Å². The van der Waals surface area contributed by atoms with Gasteiger partial charge in [-0.2, -0.15) is 0 Å². The van der Waals surface area contributed by atoms with E-state index >= 15 is 0 Å². The molecule has 0 unspecified atom stereocenters. The van der Waals surface area contributed by atoms with Crippen LogP contribution in [0.4, 0.5) is 8.78 Å². The van der Waals surface area contributed by atoms with Crippen LogP contribution in [0, 0.1) is 11.6 Å². The summed E-state index contributed by atoms with van der Waals surface area (Å²) in [6.07, 6.45) is 4.43. The number of thioether (sulfide) groups is 1. The van der Waals surface area contributed by atoms with Gasteiger partial charge in [0.1, 0.15) is 17.3 Å². The lowest BCUT2D eigenvalue weighted by molar-refractivity contribution is -0.125. The number of benzene rings is 2. The number of hydrogen-bond acceptors (Lipinski definition) is 4. The van der Waals surface area contributed by atoms with Crippen molar-refractivity contribution < 1.29 is 13.6 Å². The van der Waals surface area contributed by atoms with Crippen molar-refractivity contribution >= 4 is 23.3 Å². The summed E-state index contributed by atoms with van der Waals surface area (Å²) in [5.74, 6) is -0.655. The molecule has 2 aromatic carbocycles. The highest BCUT2D eigenvalue weighted by Crippen LogP contribution is 2.34. The highest BCUT2D eigenvalue weighted by Gasteiger charge is 2.37. The summed E-state index contributed by atoms with van der Waals surface area (Å²) >= 11 is 1.62. The molecule has 1 aliphatic heterocycles. The van der Waals surface area contributed by atoms with E-state index in [1.807, 2.05) is 39.9 Å². The average molecular weight is 479 g/mol. The van der Waals surface area contributed by atoms with Crippen LogP contribution in [0.25, 0.3) is 5.65 Å². The molecule has 5 rings (SSSR count). The lowest BCUT2D eigenvalue weighted by Gasteiger charge is -2.23. The third-order valence-corrected chi connectivity index (χ3v) is 7.19. The molecule has 5 nitrogen and oxygen atoms in total. The van der Waals surface area contributed by atoms with Gasteiger partial charge in [-0.05, 0) is 48.9 Å². The van der Waals surface area contributed by atoms with Crippen LogP contribution in [0.2, 0.25) is 0 Å². The minimum atomic E-state index is -0.394. The molecule has 0 spiro atoms. The summed E-state index contributed by atoms with van der Waals surface area (Å²) < 4.78 is 29.5. The highest BCUT2D eigenvalue weighted by atomic mass is 32.2. The van der Waals surface area contributed by atoms with Crippen LogP contribution in [0.3, 0.4) is 0 Å². The van der Waals surface area contributed by atoms with Gasteiger partial charge in [0.05, 0.1) is 18.3 Å². The number of carbonyl (C=O) groups is 1. The van der Waals surface area contributed by atoms with Crippen molar-refractivity contribution in [1.29, 1.82) is 0 Å². The lowest BCUT2D eigenvalue weighted by atomic mass is 10.1. The van der Waals surface area contributed by atoms with Gasteiger partial charge in [0.2, 0.25) is 5.91 Å². The maximum Gasteiger partial charge on any atom is 0.237 e. The molecule has 8 heteroatoms. The Balaban J connectivity index is 1.30. The zero-order valence-electron chi connectivity index (χ0n) is 18.4. The number of carbonyl (C=O) groups excluding carboxylic acids is 1. The molecule has 0 bridgehead atoms. The van der Waals surface area contributed by atoms with Gasteiger partial charge in [0.15, 0.2) is 0 Å². The predicted octanol–water partition coefficient (Wildman–Crippen LogP) is 4.66. The molecule has 1 amide bonds. The van der Waals surface area contributed by atoms with Crippen molar-refractivity contribution in [2.75, 3.05) is 6.54 Å². The number of fused-ring (bicyclic) bond motifs is 1. The fourth-order valence-electron chi connectivity index (χ4n) is 4.31. The summed E-state index contributed by atoms with van der Waals surface area (Å²) in [4.78, 5) is 20.7. The van der Waals surface area contributed by atoms with Gasteiger partial charge in [-0.25, -0.2) is 13.8 Å². The Labute approximate surface area is 200 Å². The number of pyridine rings is 1. The van der Waals surface area contributed by atoms with E-state index < -0.39 is 6.04 Å². The Morgan fingerprint density at radius 1 is 1.06 bits per heavy atom. The Hall–Kier alpha value is -3.23. The predicted molar refractivity (Wildman–Crippen MR) is 128 cm³/mol. The first-order chi connectivity index (χ1) is 16.5. The molecule has 2 atom stereocenters. The minimum Gasteiger partial charge on any atom is -0.349 e. The van der Waals surface area contributed by atoms with E-state index in [0.29, 0.717) is 31.6 Å². The van der Waals surface area contributed by atoms with Gasteiger partial charge in [-0.3, -0.25) is 9.69 Å². The van der Waals surface area contributed by atoms with E-state index in [2.05, 4.69) is 10.3 Å². The lowest BCUT2D eigenvalue weighted by Crippen LogP contribution is -2.42. The molecule has 0 saturated carbocycles. The van der Waals surface area contributed by atoms with E-state index in [4.69, 9.17) is 0 Å². The molecule has 2 aromatic heterocycles. The van der Waals surface area contributed by atoms with Crippen molar-refractivity contribution in [3.05, 3.63) is 102 Å². The van der Waals surface area contributed by atoms with Crippen LogP contribution in [-0.2, 0) is 17.9 Å². The zero-order valence-corrected chi connectivity index (χ0v) is 19.2. The second-order valence-electron chi connectivity index (χ2n) is 8.38. The van der Waals surface area contributed by atoms with Crippen LogP contribution >= 0.6 is 11.8 Å². The molecule has 174 valence electrons. The van der Waals surface area contributed by atoms with Gasteiger partial charge >= 0.3 is 0 Å². The quantitative estimate of drug-likeness (QED) is 0.420. The first-order valence-electron chi connectivity index (χ1n) is 11.1. The van der Waals surface area contributed by atoms with Gasteiger partial charge < -0.3 is 9.72 Å². The van der Waals surface area contributed by atoms with Crippen LogP contribution in [-0.4, -0.2) is 38.0 Å². The number of halogens is 2. The van der Waals surface area contributed by atoms with Crippen LogP contribution in [0.5, 0.6) is 0 Å². The van der Waals surface area contributed by atoms with Crippen LogP contribution in [0.1, 0.15) is 17.7 Å². The largest absolute Gasteiger partial charge is 0.349 e. The van der Waals surface area contributed by atoms with E-state index in [9.17, 15) is 13.6 Å². The van der Waals surface area contributed by atoms with Crippen molar-refractivity contribution in [2.24, 2.45) is 0 Å². The fourth-order valence-corrected chi connectivity index (χ4v) is 5.54. The third-order valence-electron chi connectivity index (χ3n) is 5.97. The second-order valence-corrected chi connectivity index (χ2v) is 9.76. The summed E-state index contributed by atoms with van der Waals surface area (Å²) in [6, 6.07) is 18.4. The molecular weight excluding hydrogens is 454 g/mol. The topological polar surface area (TPSA) is 49.6 Å². The summed E-state index contributed by atoms with van der Waals surface area (Å²) in [7, 11) is 0. The van der Waals surface area contributed by atoms with Crippen LogP contribution < -0.4 is 5.32 Å². The molecule has 1 fully saturated rings. The highest BCUT2D eigenvalue weighted by molar-refractivity contribution is 8.00. The molecule has 4 aromatic rings. The van der Waals surface area contributed by atoms with Crippen LogP contribution in [0.15, 0.2) is 84.0 Å². The number of nitrogens with zero attached hydrogens (tertiary/aromatic N) is 3. The molecule has 3 heterocycles. The smallest absolute Gasteiger partial charge is 0.237 e. The zero-order chi connectivity index (χ0) is 23.5. The van der Waals surface area contributed by atoms with E-state index in [-0.39, 0.29) is 22.8 Å². The first kappa shape index (κ1) is 22.6. The maximum atomic E-state index is 14.3. The van der Waals surface area contributed by atoms with Gasteiger partial charge in [-0.1, -0.05) is 24.3 Å². The summed E-state index contributed by atoms with van der Waals surface area (Å²) in [6.45, 7) is 1.29. The Kier molecular flexibility index (Phi) is 6.60. The number of rotatable bonds is 7. The summed E-state index contributed by atoms with van der Waals surface area (Å²) in [5.41, 5.74) is 2.16. The van der Waals surface area contributed by atoms with Gasteiger partial charge in [0.25, 0.3) is 0 Å². The molecule has 1 saturated heterocycles. The standard InChI is InChI=1S/C26H24F2N4OS/c27-19-8-10-21(11-9-19)34-22-13-24(32(17-22)15-18-5-1-2-6-23(18)28)26(33)29-14-20-16-31-12-4-3-7-25(31)30-20/h1-12,16,22,24H,13-15,17H2,(H,29,33)/t22-,24+/m1/s1. The van der Waals surface area contributed by atoms with Crippen molar-refractivity contribution in [2.45, 2.75) is 35.7 Å². The van der Waals surface area contributed by atoms with E-state index in [1.165, 1.54) is 18.2 Å². The number of nitrogens with one attached hydrogen (secondary N) is 1. The summed E-state index contributed by atoms with van der Waals surface area (Å²) in [5, 5.41) is 3.14. The number of amides is 1. The fraction of sp³-hybridized carbons (Fsp3) is 0.231. The van der Waals surface area contributed by atoms with E-state index in [1.54, 1.807) is 42.1 Å². The third kappa shape index (κ3) is 5.13. The molecular formula is C26H24F2N4OS. The number of aromatic nitrogens is 2. The average Bonchev–Trinajstić information content (AvgIpc) is 3.44. The van der Waals surface area contributed by atoms with Gasteiger partial charge in [-0.15, -0.1) is 11.8 Å². The normalized spacial score (nSPS) is 18.4. The second kappa shape index (κ2) is 9.95.